The van der Waals surface area contributed by atoms with Gasteiger partial charge in [-0.05, 0) is 38.5 Å². The molecule has 124 valence electrons. The van der Waals surface area contributed by atoms with Crippen LogP contribution < -0.4 is 10.6 Å². The van der Waals surface area contributed by atoms with E-state index in [1.165, 1.54) is 0 Å². The maximum absolute atomic E-state index is 11.8. The van der Waals surface area contributed by atoms with Gasteiger partial charge in [0.25, 0.3) is 5.91 Å². The van der Waals surface area contributed by atoms with Crippen molar-refractivity contribution in [1.29, 1.82) is 0 Å². The van der Waals surface area contributed by atoms with Crippen molar-refractivity contribution < 1.29 is 4.79 Å². The zero-order valence-electron chi connectivity index (χ0n) is 14.0. The predicted octanol–water partition coefficient (Wildman–Crippen LogP) is 2.47. The summed E-state index contributed by atoms with van der Waals surface area (Å²) in [5, 5.41) is 6.48. The number of carbonyl (C=O) groups excluding carboxylic acids is 1. The zero-order chi connectivity index (χ0) is 15.8. The molecule has 0 heterocycles. The summed E-state index contributed by atoms with van der Waals surface area (Å²) in [5.74, 6) is 0.820. The number of amides is 1. The number of aliphatic imine (C=N–C) groups is 1. The van der Waals surface area contributed by atoms with Gasteiger partial charge in [0, 0.05) is 32.2 Å². The lowest BCUT2D eigenvalue weighted by molar-refractivity contribution is 0.0827. The lowest BCUT2D eigenvalue weighted by atomic mass is 10.1. The SMILES string of the molecule is CCNC(=NCc1ccc(C(=O)N(C)C)cc1)NC(C)C.I. The normalized spacial score (nSPS) is 10.9. The van der Waals surface area contributed by atoms with E-state index < -0.39 is 0 Å². The van der Waals surface area contributed by atoms with Crippen molar-refractivity contribution in [3.05, 3.63) is 35.4 Å². The summed E-state index contributed by atoms with van der Waals surface area (Å²) < 4.78 is 0. The molecule has 0 aliphatic heterocycles. The third-order valence-corrected chi connectivity index (χ3v) is 2.80. The molecule has 22 heavy (non-hydrogen) atoms. The van der Waals surface area contributed by atoms with Gasteiger partial charge in [-0.2, -0.15) is 0 Å². The van der Waals surface area contributed by atoms with Crippen LogP contribution in [0.25, 0.3) is 0 Å². The van der Waals surface area contributed by atoms with E-state index in [1.54, 1.807) is 19.0 Å². The molecule has 1 aromatic rings. The van der Waals surface area contributed by atoms with Gasteiger partial charge >= 0.3 is 0 Å². The Morgan fingerprint density at radius 3 is 2.27 bits per heavy atom. The number of halogens is 1. The molecule has 0 aliphatic carbocycles. The van der Waals surface area contributed by atoms with Gasteiger partial charge in [-0.3, -0.25) is 4.79 Å². The molecule has 0 saturated carbocycles. The first kappa shape index (κ1) is 20.7. The van der Waals surface area contributed by atoms with E-state index in [4.69, 9.17) is 0 Å². The molecule has 5 nitrogen and oxygen atoms in total. The van der Waals surface area contributed by atoms with Gasteiger partial charge in [0.05, 0.1) is 6.54 Å². The predicted molar refractivity (Wildman–Crippen MR) is 103 cm³/mol. The van der Waals surface area contributed by atoms with Crippen molar-refractivity contribution in [2.24, 2.45) is 4.99 Å². The second kappa shape index (κ2) is 10.4. The summed E-state index contributed by atoms with van der Waals surface area (Å²) in [5.41, 5.74) is 1.77. The maximum Gasteiger partial charge on any atom is 0.253 e. The van der Waals surface area contributed by atoms with Gasteiger partial charge in [0.1, 0.15) is 0 Å². The van der Waals surface area contributed by atoms with Crippen LogP contribution in [0.1, 0.15) is 36.7 Å². The lowest BCUT2D eigenvalue weighted by Crippen LogP contribution is -2.40. The number of carbonyl (C=O) groups is 1. The quantitative estimate of drug-likeness (QED) is 0.439. The van der Waals surface area contributed by atoms with Crippen LogP contribution in [0.2, 0.25) is 0 Å². The molecular formula is C16H27IN4O. The molecule has 0 unspecified atom stereocenters. The minimum absolute atomic E-state index is 0. The summed E-state index contributed by atoms with van der Waals surface area (Å²) >= 11 is 0. The van der Waals surface area contributed by atoms with Crippen LogP contribution >= 0.6 is 24.0 Å². The molecule has 0 aromatic heterocycles. The van der Waals surface area contributed by atoms with E-state index in [2.05, 4.69) is 29.5 Å². The first-order chi connectivity index (χ1) is 9.93. The Morgan fingerprint density at radius 1 is 1.23 bits per heavy atom. The smallest absolute Gasteiger partial charge is 0.253 e. The molecule has 0 atom stereocenters. The minimum Gasteiger partial charge on any atom is -0.357 e. The van der Waals surface area contributed by atoms with Gasteiger partial charge in [-0.15, -0.1) is 24.0 Å². The second-order valence-corrected chi connectivity index (χ2v) is 5.39. The fourth-order valence-corrected chi connectivity index (χ4v) is 1.77. The lowest BCUT2D eigenvalue weighted by Gasteiger charge is -2.14. The van der Waals surface area contributed by atoms with Crippen molar-refractivity contribution in [2.75, 3.05) is 20.6 Å². The molecule has 2 N–H and O–H groups in total. The van der Waals surface area contributed by atoms with Crippen molar-refractivity contribution in [1.82, 2.24) is 15.5 Å². The van der Waals surface area contributed by atoms with Gasteiger partial charge < -0.3 is 15.5 Å². The van der Waals surface area contributed by atoms with E-state index in [1.807, 2.05) is 31.2 Å². The standard InChI is InChI=1S/C16H26N4O.HI/c1-6-17-16(19-12(2)3)18-11-13-7-9-14(10-8-13)15(21)20(4)5;/h7-10,12H,6,11H2,1-5H3,(H2,17,18,19);1H. The molecule has 0 radical (unpaired) electrons. The summed E-state index contributed by atoms with van der Waals surface area (Å²) in [6.45, 7) is 7.61. The average Bonchev–Trinajstić information content (AvgIpc) is 2.44. The average molecular weight is 418 g/mol. The number of rotatable bonds is 5. The van der Waals surface area contributed by atoms with E-state index in [0.717, 1.165) is 18.1 Å². The first-order valence-electron chi connectivity index (χ1n) is 7.29. The van der Waals surface area contributed by atoms with Crippen LogP contribution in [0.15, 0.2) is 29.3 Å². The van der Waals surface area contributed by atoms with Gasteiger partial charge in [0.2, 0.25) is 0 Å². The Kier molecular flexibility index (Phi) is 9.80. The Hall–Kier alpha value is -1.31. The van der Waals surface area contributed by atoms with Crippen molar-refractivity contribution in [3.8, 4) is 0 Å². The Morgan fingerprint density at radius 2 is 1.82 bits per heavy atom. The fraction of sp³-hybridized carbons (Fsp3) is 0.500. The molecular weight excluding hydrogens is 391 g/mol. The van der Waals surface area contributed by atoms with Crippen LogP contribution in [0.3, 0.4) is 0 Å². The van der Waals surface area contributed by atoms with Gasteiger partial charge in [-0.1, -0.05) is 12.1 Å². The largest absolute Gasteiger partial charge is 0.357 e. The van der Waals surface area contributed by atoms with Crippen molar-refractivity contribution in [2.45, 2.75) is 33.4 Å². The number of nitrogens with one attached hydrogen (secondary N) is 2. The number of nitrogens with zero attached hydrogens (tertiary/aromatic N) is 2. The highest BCUT2D eigenvalue weighted by Gasteiger charge is 2.07. The Labute approximate surface area is 150 Å². The molecule has 1 rings (SSSR count). The maximum atomic E-state index is 11.8. The van der Waals surface area contributed by atoms with Crippen LogP contribution in [0, 0.1) is 0 Å². The van der Waals surface area contributed by atoms with Crippen LogP contribution in [-0.2, 0) is 6.54 Å². The monoisotopic (exact) mass is 418 g/mol. The molecule has 0 saturated heterocycles. The molecule has 0 bridgehead atoms. The molecule has 1 aromatic carbocycles. The minimum atomic E-state index is 0. The first-order valence-corrected chi connectivity index (χ1v) is 7.29. The second-order valence-electron chi connectivity index (χ2n) is 5.39. The molecule has 1 amide bonds. The third-order valence-electron chi connectivity index (χ3n) is 2.80. The highest BCUT2D eigenvalue weighted by Crippen LogP contribution is 2.07. The zero-order valence-corrected chi connectivity index (χ0v) is 16.3. The molecule has 0 fully saturated rings. The summed E-state index contributed by atoms with van der Waals surface area (Å²) in [4.78, 5) is 17.9. The van der Waals surface area contributed by atoms with Crippen LogP contribution in [0.4, 0.5) is 0 Å². The van der Waals surface area contributed by atoms with Gasteiger partial charge in [0.15, 0.2) is 5.96 Å². The Bertz CT molecular complexity index is 483. The number of hydrogen-bond donors (Lipinski definition) is 2. The summed E-state index contributed by atoms with van der Waals surface area (Å²) in [6, 6.07) is 7.91. The summed E-state index contributed by atoms with van der Waals surface area (Å²) in [7, 11) is 3.50. The van der Waals surface area contributed by atoms with Crippen LogP contribution in [-0.4, -0.2) is 43.4 Å². The van der Waals surface area contributed by atoms with E-state index in [0.29, 0.717) is 18.2 Å². The fourth-order valence-electron chi connectivity index (χ4n) is 1.77. The number of benzene rings is 1. The highest BCUT2D eigenvalue weighted by molar-refractivity contribution is 14.0. The number of guanidine groups is 1. The van der Waals surface area contributed by atoms with E-state index in [-0.39, 0.29) is 29.9 Å². The Balaban J connectivity index is 0.00000441. The molecule has 6 heteroatoms. The van der Waals surface area contributed by atoms with Crippen molar-refractivity contribution >= 4 is 35.8 Å². The van der Waals surface area contributed by atoms with Crippen molar-refractivity contribution in [3.63, 3.8) is 0 Å². The highest BCUT2D eigenvalue weighted by atomic mass is 127. The molecule has 0 spiro atoms. The number of hydrogen-bond acceptors (Lipinski definition) is 2. The molecule has 0 aliphatic rings. The topological polar surface area (TPSA) is 56.7 Å². The van der Waals surface area contributed by atoms with E-state index >= 15 is 0 Å². The van der Waals surface area contributed by atoms with Gasteiger partial charge in [-0.25, -0.2) is 4.99 Å². The summed E-state index contributed by atoms with van der Waals surface area (Å²) in [6.07, 6.45) is 0. The third kappa shape index (κ3) is 7.11. The van der Waals surface area contributed by atoms with E-state index in [9.17, 15) is 4.79 Å². The van der Waals surface area contributed by atoms with Crippen LogP contribution in [0.5, 0.6) is 0 Å².